The minimum Gasteiger partial charge on any atom is -0.465 e. The van der Waals surface area contributed by atoms with Gasteiger partial charge in [-0.2, -0.15) is 8.78 Å². The van der Waals surface area contributed by atoms with Gasteiger partial charge in [0, 0.05) is 24.6 Å². The monoisotopic (exact) mass is 438 g/mol. The second kappa shape index (κ2) is 8.06. The molecule has 0 saturated carbocycles. The van der Waals surface area contributed by atoms with E-state index in [1.54, 1.807) is 24.3 Å². The summed E-state index contributed by atoms with van der Waals surface area (Å²) in [6, 6.07) is 9.28. The van der Waals surface area contributed by atoms with E-state index in [0.717, 1.165) is 15.3 Å². The molecule has 1 aromatic carbocycles. The maximum Gasteiger partial charge on any atom is 0.404 e. The van der Waals surface area contributed by atoms with E-state index in [9.17, 15) is 26.8 Å². The molecule has 0 aliphatic carbocycles. The number of rotatable bonds is 6. The molecular weight excluding hydrogens is 422 g/mol. The minimum absolute atomic E-state index is 0.162. The van der Waals surface area contributed by atoms with Gasteiger partial charge in [0.15, 0.2) is 15.5 Å². The molecule has 2 N–H and O–H groups in total. The van der Waals surface area contributed by atoms with Gasteiger partial charge >= 0.3 is 11.8 Å². The Morgan fingerprint density at radius 2 is 1.83 bits per heavy atom. The van der Waals surface area contributed by atoms with Crippen LogP contribution in [0.4, 0.5) is 13.6 Å². The number of pyridine rings is 1. The van der Waals surface area contributed by atoms with Crippen molar-refractivity contribution < 1.29 is 27.1 Å². The van der Waals surface area contributed by atoms with Gasteiger partial charge in [-0.3, -0.25) is 4.40 Å². The highest BCUT2D eigenvalue weighted by Gasteiger charge is 2.14. The molecule has 0 aliphatic heterocycles. The fourth-order valence-electron chi connectivity index (χ4n) is 2.74. The van der Waals surface area contributed by atoms with Gasteiger partial charge in [-0.05, 0) is 35.4 Å². The first-order valence-electron chi connectivity index (χ1n) is 8.46. The molecule has 1 amide bonds. The average molecular weight is 438 g/mol. The van der Waals surface area contributed by atoms with Crippen molar-refractivity contribution in [3.8, 4) is 11.1 Å². The number of carbonyl (C=O) groups is 1. The molecule has 0 saturated heterocycles. The summed E-state index contributed by atoms with van der Waals surface area (Å²) in [5, 5.41) is 14.4. The predicted octanol–water partition coefficient (Wildman–Crippen LogP) is 1.98. The van der Waals surface area contributed by atoms with Gasteiger partial charge in [-0.15, -0.1) is 5.10 Å². The molecule has 0 spiro atoms. The van der Waals surface area contributed by atoms with Gasteiger partial charge in [-0.1, -0.05) is 12.1 Å². The highest BCUT2D eigenvalue weighted by molar-refractivity contribution is 7.90. The van der Waals surface area contributed by atoms with Crippen LogP contribution in [0.3, 0.4) is 0 Å². The smallest absolute Gasteiger partial charge is 0.404 e. The van der Waals surface area contributed by atoms with Crippen LogP contribution >= 0.6 is 0 Å². The molecule has 12 heteroatoms. The molecule has 9 nitrogen and oxygen atoms in total. The number of nitrogens with zero attached hydrogens (tertiary/aromatic N) is 3. The maximum atomic E-state index is 13.1. The first-order valence-corrected chi connectivity index (χ1v) is 10.3. The van der Waals surface area contributed by atoms with Crippen LogP contribution in [-0.2, 0) is 16.4 Å². The Balaban J connectivity index is 1.94. The number of hydrogen-bond acceptors (Lipinski definition) is 5. The molecule has 0 unspecified atom stereocenters. The fourth-order valence-corrected chi connectivity index (χ4v) is 3.37. The van der Waals surface area contributed by atoms with Crippen molar-refractivity contribution in [3.63, 3.8) is 0 Å². The third-order valence-electron chi connectivity index (χ3n) is 4.26. The molecule has 0 aliphatic rings. The molecule has 0 radical (unpaired) electrons. The van der Waals surface area contributed by atoms with Gasteiger partial charge in [0.1, 0.15) is 0 Å². The Bertz CT molecular complexity index is 1310. The van der Waals surface area contributed by atoms with Gasteiger partial charge < -0.3 is 10.4 Å². The number of nitrogens with one attached hydrogen (secondary N) is 1. The molecule has 2 heterocycles. The lowest BCUT2D eigenvalue weighted by atomic mass is 10.1. The second-order valence-electron chi connectivity index (χ2n) is 6.40. The van der Waals surface area contributed by atoms with Crippen LogP contribution in [0.25, 0.3) is 16.8 Å². The van der Waals surface area contributed by atoms with E-state index in [-0.39, 0.29) is 10.5 Å². The van der Waals surface area contributed by atoms with Crippen molar-refractivity contribution in [1.82, 2.24) is 19.5 Å². The van der Waals surface area contributed by atoms with E-state index in [0.29, 0.717) is 11.1 Å². The SMILES string of the molecule is CS(=O)(=O)c1ccc(-c2ccn3c(=O)n(CC(CNC(=O)O)=C(F)F)nc3c2)cc1. The molecule has 0 fully saturated rings. The molecule has 0 atom stereocenters. The summed E-state index contributed by atoms with van der Waals surface area (Å²) >= 11 is 0. The number of carboxylic acid groups (broad SMARTS) is 1. The zero-order chi connectivity index (χ0) is 22.1. The molecule has 2 aromatic heterocycles. The van der Waals surface area contributed by atoms with Crippen LogP contribution in [0.2, 0.25) is 0 Å². The summed E-state index contributed by atoms with van der Waals surface area (Å²) in [7, 11) is -3.34. The topological polar surface area (TPSA) is 123 Å². The summed E-state index contributed by atoms with van der Waals surface area (Å²) < 4.78 is 51.3. The summed E-state index contributed by atoms with van der Waals surface area (Å²) in [5.41, 5.74) is 0.250. The largest absolute Gasteiger partial charge is 0.465 e. The zero-order valence-corrected chi connectivity index (χ0v) is 16.4. The maximum absolute atomic E-state index is 13.1. The number of sulfone groups is 1. The van der Waals surface area contributed by atoms with E-state index < -0.39 is 46.4 Å². The molecule has 30 heavy (non-hydrogen) atoms. The second-order valence-corrected chi connectivity index (χ2v) is 8.42. The third-order valence-corrected chi connectivity index (χ3v) is 5.39. The van der Waals surface area contributed by atoms with Gasteiger partial charge in [0.2, 0.25) is 0 Å². The van der Waals surface area contributed by atoms with E-state index in [1.807, 2.05) is 5.32 Å². The summed E-state index contributed by atoms with van der Waals surface area (Å²) in [6.45, 7) is -1.22. The van der Waals surface area contributed by atoms with Crippen molar-refractivity contribution in [2.45, 2.75) is 11.4 Å². The molecule has 158 valence electrons. The lowest BCUT2D eigenvalue weighted by Crippen LogP contribution is -2.28. The molecule has 0 bridgehead atoms. The summed E-state index contributed by atoms with van der Waals surface area (Å²) in [4.78, 5) is 23.1. The Morgan fingerprint density at radius 3 is 2.40 bits per heavy atom. The highest BCUT2D eigenvalue weighted by atomic mass is 32.2. The average Bonchev–Trinajstić information content (AvgIpc) is 2.99. The van der Waals surface area contributed by atoms with E-state index >= 15 is 0 Å². The number of aromatic nitrogens is 3. The summed E-state index contributed by atoms with van der Waals surface area (Å²) in [5.74, 6) is 0. The van der Waals surface area contributed by atoms with Gasteiger partial charge in [0.05, 0.1) is 11.4 Å². The molecule has 3 aromatic rings. The number of fused-ring (bicyclic) bond motifs is 1. The standard InChI is InChI=1S/C18H16F2N4O5S/c1-30(28,29)14-4-2-11(3-5-14)12-6-7-23-15(8-12)22-24(18(23)27)10-13(16(19)20)9-21-17(25)26/h2-8,21H,9-10H2,1H3,(H,25,26). The van der Waals surface area contributed by atoms with Crippen LogP contribution in [-0.4, -0.2) is 46.6 Å². The third kappa shape index (κ3) is 4.54. The Hall–Kier alpha value is -3.54. The van der Waals surface area contributed by atoms with Crippen LogP contribution < -0.4 is 11.0 Å². The van der Waals surface area contributed by atoms with Crippen molar-refractivity contribution in [1.29, 1.82) is 0 Å². The summed E-state index contributed by atoms with van der Waals surface area (Å²) in [6.07, 6.45) is -1.05. The number of benzene rings is 1. The zero-order valence-electron chi connectivity index (χ0n) is 15.5. The normalized spacial score (nSPS) is 11.4. The van der Waals surface area contributed by atoms with Crippen LogP contribution in [0, 0.1) is 0 Å². The van der Waals surface area contributed by atoms with E-state index in [4.69, 9.17) is 5.11 Å². The lowest BCUT2D eigenvalue weighted by molar-refractivity contribution is 0.195. The Labute approximate surface area is 168 Å². The van der Waals surface area contributed by atoms with Crippen molar-refractivity contribution in [2.75, 3.05) is 12.8 Å². The quantitative estimate of drug-likeness (QED) is 0.607. The van der Waals surface area contributed by atoms with Crippen molar-refractivity contribution in [2.24, 2.45) is 0 Å². The van der Waals surface area contributed by atoms with Crippen LogP contribution in [0.1, 0.15) is 0 Å². The van der Waals surface area contributed by atoms with Gasteiger partial charge in [-0.25, -0.2) is 22.7 Å². The Morgan fingerprint density at radius 1 is 1.17 bits per heavy atom. The lowest BCUT2D eigenvalue weighted by Gasteiger charge is -2.05. The predicted molar refractivity (Wildman–Crippen MR) is 103 cm³/mol. The van der Waals surface area contributed by atoms with Crippen LogP contribution in [0.5, 0.6) is 0 Å². The van der Waals surface area contributed by atoms with Crippen molar-refractivity contribution in [3.05, 3.63) is 64.7 Å². The van der Waals surface area contributed by atoms with Gasteiger partial charge in [0.25, 0.3) is 6.08 Å². The molecular formula is C18H16F2N4O5S. The number of halogens is 2. The molecule has 3 rings (SSSR count). The fraction of sp³-hybridized carbons (Fsp3) is 0.167. The van der Waals surface area contributed by atoms with E-state index in [2.05, 4.69) is 5.10 Å². The minimum atomic E-state index is -3.34. The van der Waals surface area contributed by atoms with E-state index in [1.165, 1.54) is 18.3 Å². The Kier molecular flexibility index (Phi) is 5.69. The first-order chi connectivity index (χ1) is 14.1. The van der Waals surface area contributed by atoms with Crippen molar-refractivity contribution >= 4 is 21.6 Å². The van der Waals surface area contributed by atoms with Crippen LogP contribution in [0.15, 0.2) is 63.9 Å². The number of amides is 1. The first kappa shape index (κ1) is 21.2. The highest BCUT2D eigenvalue weighted by Crippen LogP contribution is 2.22. The number of hydrogen-bond donors (Lipinski definition) is 2.